The van der Waals surface area contributed by atoms with Gasteiger partial charge in [0.2, 0.25) is 15.9 Å². The Balaban J connectivity index is 2.66. The van der Waals surface area contributed by atoms with E-state index >= 15 is 0 Å². The summed E-state index contributed by atoms with van der Waals surface area (Å²) in [5, 5.41) is 7.25. The Hall–Kier alpha value is -1.15. The number of hydrogen-bond donors (Lipinski definition) is 1. The van der Waals surface area contributed by atoms with Gasteiger partial charge in [0.1, 0.15) is 0 Å². The maximum atomic E-state index is 12.2. The van der Waals surface area contributed by atoms with Crippen LogP contribution in [0.25, 0.3) is 0 Å². The summed E-state index contributed by atoms with van der Waals surface area (Å²) in [4.78, 5) is 24.6. The third-order valence-electron chi connectivity index (χ3n) is 4.10. The first-order chi connectivity index (χ1) is 9.67. The van der Waals surface area contributed by atoms with Crippen LogP contribution in [0.5, 0.6) is 0 Å². The number of carbonyl (C=O) groups excluding carboxylic acids is 1. The van der Waals surface area contributed by atoms with E-state index in [1.165, 1.54) is 13.5 Å². The van der Waals surface area contributed by atoms with E-state index in [2.05, 4.69) is 0 Å². The highest BCUT2D eigenvalue weighted by Gasteiger charge is 2.33. The van der Waals surface area contributed by atoms with Crippen molar-refractivity contribution in [1.82, 2.24) is 9.21 Å². The van der Waals surface area contributed by atoms with E-state index in [-0.39, 0.29) is 18.5 Å². The molecule has 7 nitrogen and oxygen atoms in total. The van der Waals surface area contributed by atoms with Gasteiger partial charge in [0, 0.05) is 20.1 Å². The zero-order valence-electron chi connectivity index (χ0n) is 12.8. The molecule has 0 saturated heterocycles. The summed E-state index contributed by atoms with van der Waals surface area (Å²) in [7, 11) is -1.09. The second-order valence-electron chi connectivity index (χ2n) is 5.58. The summed E-state index contributed by atoms with van der Waals surface area (Å²) in [6.07, 6.45) is 5.19. The van der Waals surface area contributed by atoms with E-state index < -0.39 is 21.2 Å². The van der Waals surface area contributed by atoms with E-state index in [0.717, 1.165) is 36.9 Å². The summed E-state index contributed by atoms with van der Waals surface area (Å²) in [5.41, 5.74) is 0. The molecule has 1 amide bonds. The zero-order valence-corrected chi connectivity index (χ0v) is 13.6. The average molecular weight is 320 g/mol. The van der Waals surface area contributed by atoms with E-state index in [4.69, 9.17) is 5.11 Å². The Labute approximate surface area is 126 Å². The lowest BCUT2D eigenvalue weighted by Crippen LogP contribution is -2.47. The van der Waals surface area contributed by atoms with Crippen molar-refractivity contribution in [3.05, 3.63) is 0 Å². The molecule has 1 N–H and O–H groups in total. The van der Waals surface area contributed by atoms with Gasteiger partial charge < -0.3 is 10.0 Å². The van der Waals surface area contributed by atoms with Crippen LogP contribution in [0.4, 0.5) is 0 Å². The maximum Gasteiger partial charge on any atom is 0.323 e. The molecule has 1 rings (SSSR count). The number of amides is 1. The van der Waals surface area contributed by atoms with Gasteiger partial charge in [-0.05, 0) is 19.8 Å². The van der Waals surface area contributed by atoms with Crippen molar-refractivity contribution in [1.29, 1.82) is 0 Å². The molecule has 0 aromatic carbocycles. The lowest BCUT2D eigenvalue weighted by atomic mass is 9.94. The fourth-order valence-corrected chi connectivity index (χ4v) is 3.55. The van der Waals surface area contributed by atoms with Crippen LogP contribution in [-0.4, -0.2) is 66.5 Å². The van der Waals surface area contributed by atoms with Crippen molar-refractivity contribution >= 4 is 21.9 Å². The number of carboxylic acid groups (broad SMARTS) is 1. The molecule has 0 spiro atoms. The predicted molar refractivity (Wildman–Crippen MR) is 78.3 cm³/mol. The third kappa shape index (κ3) is 4.41. The van der Waals surface area contributed by atoms with E-state index in [9.17, 15) is 18.0 Å². The van der Waals surface area contributed by atoms with E-state index in [0.29, 0.717) is 0 Å². The molecule has 122 valence electrons. The largest absolute Gasteiger partial charge is 0.480 e. The predicted octanol–water partition coefficient (Wildman–Crippen LogP) is 0.512. The maximum absolute atomic E-state index is 12.2. The number of sulfonamides is 1. The van der Waals surface area contributed by atoms with Crippen molar-refractivity contribution in [3.63, 3.8) is 0 Å². The van der Waals surface area contributed by atoms with Gasteiger partial charge in [0.25, 0.3) is 0 Å². The fraction of sp³-hybridized carbons (Fsp3) is 0.846. The summed E-state index contributed by atoms with van der Waals surface area (Å²) in [5.74, 6) is -1.72. The first kappa shape index (κ1) is 17.9. The van der Waals surface area contributed by atoms with Crippen molar-refractivity contribution in [2.75, 3.05) is 20.6 Å². The number of carboxylic acids is 1. The highest BCUT2D eigenvalue weighted by atomic mass is 32.2. The van der Waals surface area contributed by atoms with Gasteiger partial charge in [-0.25, -0.2) is 8.42 Å². The van der Waals surface area contributed by atoms with Crippen LogP contribution < -0.4 is 0 Å². The molecular weight excluding hydrogens is 296 g/mol. The van der Waals surface area contributed by atoms with Gasteiger partial charge in [-0.2, -0.15) is 4.31 Å². The molecule has 21 heavy (non-hydrogen) atoms. The second kappa shape index (κ2) is 7.22. The Morgan fingerprint density at radius 2 is 1.71 bits per heavy atom. The van der Waals surface area contributed by atoms with Crippen LogP contribution in [-0.2, 0) is 19.6 Å². The molecule has 1 atom stereocenters. The van der Waals surface area contributed by atoms with Gasteiger partial charge in [-0.15, -0.1) is 0 Å². The van der Waals surface area contributed by atoms with E-state index in [1.807, 2.05) is 0 Å². The molecule has 0 aromatic heterocycles. The second-order valence-corrected chi connectivity index (χ2v) is 7.94. The number of nitrogens with zero attached hydrogens (tertiary/aromatic N) is 2. The number of carbonyl (C=O) groups is 2. The number of rotatable bonds is 6. The van der Waals surface area contributed by atoms with Crippen molar-refractivity contribution in [2.45, 2.75) is 50.3 Å². The molecule has 8 heteroatoms. The molecule has 1 saturated carbocycles. The molecule has 0 aliphatic heterocycles. The normalized spacial score (nSPS) is 18.5. The zero-order chi connectivity index (χ0) is 16.2. The minimum atomic E-state index is -4.01. The lowest BCUT2D eigenvalue weighted by molar-refractivity contribution is -0.136. The molecule has 0 bridgehead atoms. The van der Waals surface area contributed by atoms with Crippen molar-refractivity contribution < 1.29 is 23.1 Å². The topological polar surface area (TPSA) is 95.0 Å². The molecule has 1 aliphatic rings. The monoisotopic (exact) mass is 320 g/mol. The average Bonchev–Trinajstić information content (AvgIpc) is 2.46. The first-order valence-corrected chi connectivity index (χ1v) is 8.62. The standard InChI is InChI=1S/C13H24N2O5S/c1-10(13(17)18)21(19,20)14(2)9-12(16)15(3)11-7-5-4-6-8-11/h10-11H,4-9H2,1-3H3,(H,17,18). The smallest absolute Gasteiger partial charge is 0.323 e. The lowest BCUT2D eigenvalue weighted by Gasteiger charge is -2.32. The fourth-order valence-electron chi connectivity index (χ4n) is 2.46. The Kier molecular flexibility index (Phi) is 6.15. The van der Waals surface area contributed by atoms with Gasteiger partial charge in [-0.3, -0.25) is 9.59 Å². The van der Waals surface area contributed by atoms with Gasteiger partial charge in [-0.1, -0.05) is 19.3 Å². The first-order valence-electron chi connectivity index (χ1n) is 7.11. The summed E-state index contributed by atoms with van der Waals surface area (Å²) in [6, 6.07) is 0.152. The van der Waals surface area contributed by atoms with Crippen LogP contribution in [0.15, 0.2) is 0 Å². The summed E-state index contributed by atoms with van der Waals surface area (Å²) >= 11 is 0. The number of hydrogen-bond acceptors (Lipinski definition) is 4. The molecule has 0 heterocycles. The molecular formula is C13H24N2O5S. The van der Waals surface area contributed by atoms with E-state index in [1.54, 1.807) is 11.9 Å². The molecule has 1 aliphatic carbocycles. The van der Waals surface area contributed by atoms with Crippen LogP contribution in [0, 0.1) is 0 Å². The van der Waals surface area contributed by atoms with Crippen LogP contribution in [0.2, 0.25) is 0 Å². The summed E-state index contributed by atoms with van der Waals surface area (Å²) in [6.45, 7) is 0.774. The van der Waals surface area contributed by atoms with Gasteiger partial charge >= 0.3 is 5.97 Å². The molecule has 1 unspecified atom stereocenters. The molecule has 0 radical (unpaired) electrons. The van der Waals surface area contributed by atoms with Crippen LogP contribution in [0.1, 0.15) is 39.0 Å². The highest BCUT2D eigenvalue weighted by Crippen LogP contribution is 2.21. The van der Waals surface area contributed by atoms with Gasteiger partial charge in [0.05, 0.1) is 6.54 Å². The SMILES string of the molecule is CC(C(=O)O)S(=O)(=O)N(C)CC(=O)N(C)C1CCCCC1. The third-order valence-corrected chi connectivity index (χ3v) is 6.20. The summed E-state index contributed by atoms with van der Waals surface area (Å²) < 4.78 is 24.8. The Bertz CT molecular complexity index is 485. The Morgan fingerprint density at radius 3 is 2.19 bits per heavy atom. The highest BCUT2D eigenvalue weighted by molar-refractivity contribution is 7.90. The van der Waals surface area contributed by atoms with Gasteiger partial charge in [0.15, 0.2) is 5.25 Å². The number of aliphatic carboxylic acids is 1. The molecule has 1 fully saturated rings. The minimum absolute atomic E-state index is 0.152. The Morgan fingerprint density at radius 1 is 1.19 bits per heavy atom. The van der Waals surface area contributed by atoms with Crippen LogP contribution >= 0.6 is 0 Å². The quantitative estimate of drug-likeness (QED) is 0.769. The van der Waals surface area contributed by atoms with Crippen LogP contribution in [0.3, 0.4) is 0 Å². The minimum Gasteiger partial charge on any atom is -0.480 e. The van der Waals surface area contributed by atoms with Crippen molar-refractivity contribution in [3.8, 4) is 0 Å². The molecule has 0 aromatic rings. The van der Waals surface area contributed by atoms with Crippen molar-refractivity contribution in [2.24, 2.45) is 0 Å². The number of likely N-dealkylation sites (N-methyl/N-ethyl adjacent to an activating group) is 2.